The van der Waals surface area contributed by atoms with Gasteiger partial charge in [-0.3, -0.25) is 14.4 Å². The maximum absolute atomic E-state index is 10.8. The highest BCUT2D eigenvalue weighted by Gasteiger charge is 2.24. The lowest BCUT2D eigenvalue weighted by Gasteiger charge is -2.06. The second kappa shape index (κ2) is 10.3. The van der Waals surface area contributed by atoms with Gasteiger partial charge in [0.25, 0.3) is 0 Å². The molecule has 0 bridgehead atoms. The van der Waals surface area contributed by atoms with Gasteiger partial charge in [-0.05, 0) is 37.7 Å². The summed E-state index contributed by atoms with van der Waals surface area (Å²) in [7, 11) is 0. The van der Waals surface area contributed by atoms with Gasteiger partial charge >= 0.3 is 11.9 Å². The Morgan fingerprint density at radius 1 is 1.11 bits per heavy atom. The van der Waals surface area contributed by atoms with E-state index in [4.69, 9.17) is 10.2 Å². The minimum Gasteiger partial charge on any atom is -0.481 e. The van der Waals surface area contributed by atoms with Crippen LogP contribution in [0, 0.1) is 5.92 Å². The van der Waals surface area contributed by atoms with Crippen molar-refractivity contribution >= 4 is 18.2 Å². The molecule has 0 spiro atoms. The SMILES string of the molecule is CCCCCC=C(C=O)CCCC(C(=O)O)C(=O)O. The van der Waals surface area contributed by atoms with Crippen molar-refractivity contribution < 1.29 is 24.6 Å². The Labute approximate surface area is 113 Å². The van der Waals surface area contributed by atoms with Gasteiger partial charge in [0, 0.05) is 0 Å². The fourth-order valence-electron chi connectivity index (χ4n) is 1.75. The average Bonchev–Trinajstić information content (AvgIpc) is 2.36. The zero-order chi connectivity index (χ0) is 14.7. The van der Waals surface area contributed by atoms with Crippen LogP contribution in [0.25, 0.3) is 0 Å². The summed E-state index contributed by atoms with van der Waals surface area (Å²) in [4.78, 5) is 32.1. The van der Waals surface area contributed by atoms with Gasteiger partial charge < -0.3 is 10.2 Å². The van der Waals surface area contributed by atoms with Crippen molar-refractivity contribution in [3.05, 3.63) is 11.6 Å². The first-order chi connectivity index (χ1) is 9.02. The van der Waals surface area contributed by atoms with Crippen LogP contribution in [-0.2, 0) is 14.4 Å². The first-order valence-corrected chi connectivity index (χ1v) is 6.62. The van der Waals surface area contributed by atoms with E-state index in [1.807, 2.05) is 6.08 Å². The molecule has 5 nitrogen and oxygen atoms in total. The van der Waals surface area contributed by atoms with E-state index in [0.717, 1.165) is 32.0 Å². The van der Waals surface area contributed by atoms with Crippen molar-refractivity contribution in [3.63, 3.8) is 0 Å². The molecule has 108 valence electrons. The maximum Gasteiger partial charge on any atom is 0.317 e. The predicted octanol–water partition coefficient (Wildman–Crippen LogP) is 2.65. The molecule has 0 heterocycles. The Balaban J connectivity index is 4.10. The molecule has 5 heteroatoms. The Morgan fingerprint density at radius 2 is 1.74 bits per heavy atom. The molecule has 0 aromatic heterocycles. The topological polar surface area (TPSA) is 91.7 Å². The third-order valence-corrected chi connectivity index (χ3v) is 2.92. The summed E-state index contributed by atoms with van der Waals surface area (Å²) >= 11 is 0. The summed E-state index contributed by atoms with van der Waals surface area (Å²) in [5, 5.41) is 17.4. The van der Waals surface area contributed by atoms with Gasteiger partial charge in [-0.25, -0.2) is 0 Å². The zero-order valence-corrected chi connectivity index (χ0v) is 11.3. The molecular weight excluding hydrogens is 248 g/mol. The van der Waals surface area contributed by atoms with Crippen molar-refractivity contribution in [1.82, 2.24) is 0 Å². The van der Waals surface area contributed by atoms with Crippen molar-refractivity contribution in [2.24, 2.45) is 5.92 Å². The number of aldehydes is 1. The summed E-state index contributed by atoms with van der Waals surface area (Å²) in [5.41, 5.74) is 0.630. The third-order valence-electron chi connectivity index (χ3n) is 2.92. The lowest BCUT2D eigenvalue weighted by Crippen LogP contribution is -2.23. The molecule has 0 fully saturated rings. The van der Waals surface area contributed by atoms with E-state index in [9.17, 15) is 14.4 Å². The number of rotatable bonds is 11. The molecule has 0 aromatic carbocycles. The molecule has 2 N–H and O–H groups in total. The number of allylic oxidation sites excluding steroid dienone is 2. The third kappa shape index (κ3) is 8.13. The second-order valence-electron chi connectivity index (χ2n) is 4.51. The number of carbonyl (C=O) groups excluding carboxylic acids is 1. The number of unbranched alkanes of at least 4 members (excludes halogenated alkanes) is 3. The molecule has 0 unspecified atom stereocenters. The van der Waals surface area contributed by atoms with Gasteiger partial charge in [-0.2, -0.15) is 0 Å². The summed E-state index contributed by atoms with van der Waals surface area (Å²) in [6.45, 7) is 2.10. The van der Waals surface area contributed by atoms with Crippen LogP contribution in [0.15, 0.2) is 11.6 Å². The molecule has 0 aliphatic heterocycles. The summed E-state index contributed by atoms with van der Waals surface area (Å²) in [6.07, 6.45) is 7.59. The van der Waals surface area contributed by atoms with Gasteiger partial charge in [0.2, 0.25) is 0 Å². The molecule has 0 saturated carbocycles. The minimum atomic E-state index is -1.38. The lowest BCUT2D eigenvalue weighted by atomic mass is 9.99. The smallest absolute Gasteiger partial charge is 0.317 e. The largest absolute Gasteiger partial charge is 0.481 e. The standard InChI is InChI=1S/C14H22O5/c1-2-3-4-5-7-11(10-15)8-6-9-12(13(16)17)14(18)19/h7,10,12H,2-6,8-9H2,1H3,(H,16,17)(H,18,19). The number of carboxylic acid groups (broad SMARTS) is 2. The summed E-state index contributed by atoms with van der Waals surface area (Å²) in [6, 6.07) is 0. The van der Waals surface area contributed by atoms with Crippen molar-refractivity contribution in [1.29, 1.82) is 0 Å². The first kappa shape index (κ1) is 17.4. The van der Waals surface area contributed by atoms with E-state index in [-0.39, 0.29) is 6.42 Å². The van der Waals surface area contributed by atoms with Crippen LogP contribution < -0.4 is 0 Å². The molecule has 19 heavy (non-hydrogen) atoms. The van der Waals surface area contributed by atoms with Gasteiger partial charge in [0.15, 0.2) is 5.92 Å². The van der Waals surface area contributed by atoms with Crippen molar-refractivity contribution in [3.8, 4) is 0 Å². The Kier molecular flexibility index (Phi) is 9.40. The number of hydrogen-bond acceptors (Lipinski definition) is 3. The molecule has 0 atom stereocenters. The molecule has 0 aliphatic carbocycles. The van der Waals surface area contributed by atoms with E-state index < -0.39 is 17.9 Å². The van der Waals surface area contributed by atoms with Gasteiger partial charge in [-0.1, -0.05) is 25.8 Å². The summed E-state index contributed by atoms with van der Waals surface area (Å²) in [5.74, 6) is -4.04. The highest BCUT2D eigenvalue weighted by Crippen LogP contribution is 2.14. The van der Waals surface area contributed by atoms with E-state index >= 15 is 0 Å². The van der Waals surface area contributed by atoms with Crippen LogP contribution in [0.4, 0.5) is 0 Å². The average molecular weight is 270 g/mol. The van der Waals surface area contributed by atoms with Crippen LogP contribution in [0.2, 0.25) is 0 Å². The lowest BCUT2D eigenvalue weighted by molar-refractivity contribution is -0.154. The molecule has 0 aromatic rings. The Bertz CT molecular complexity index is 319. The van der Waals surface area contributed by atoms with Crippen LogP contribution in [0.3, 0.4) is 0 Å². The monoisotopic (exact) mass is 270 g/mol. The van der Waals surface area contributed by atoms with Gasteiger partial charge in [0.05, 0.1) is 0 Å². The minimum absolute atomic E-state index is 0.0464. The fourth-order valence-corrected chi connectivity index (χ4v) is 1.75. The van der Waals surface area contributed by atoms with Crippen molar-refractivity contribution in [2.75, 3.05) is 0 Å². The fraction of sp³-hybridized carbons (Fsp3) is 0.643. The Hall–Kier alpha value is -1.65. The zero-order valence-electron chi connectivity index (χ0n) is 11.3. The van der Waals surface area contributed by atoms with E-state index in [0.29, 0.717) is 18.4 Å². The summed E-state index contributed by atoms with van der Waals surface area (Å²) < 4.78 is 0. The van der Waals surface area contributed by atoms with E-state index in [2.05, 4.69) is 6.92 Å². The molecule has 0 radical (unpaired) electrons. The molecule has 0 aliphatic rings. The van der Waals surface area contributed by atoms with Crippen LogP contribution in [-0.4, -0.2) is 28.4 Å². The molecule has 0 amide bonds. The highest BCUT2D eigenvalue weighted by molar-refractivity contribution is 5.92. The van der Waals surface area contributed by atoms with Crippen LogP contribution in [0.5, 0.6) is 0 Å². The normalized spacial score (nSPS) is 11.6. The molecule has 0 rings (SSSR count). The molecular formula is C14H22O5. The van der Waals surface area contributed by atoms with Crippen molar-refractivity contribution in [2.45, 2.75) is 51.9 Å². The van der Waals surface area contributed by atoms with E-state index in [1.165, 1.54) is 0 Å². The van der Waals surface area contributed by atoms with E-state index in [1.54, 1.807) is 0 Å². The number of carboxylic acids is 2. The maximum atomic E-state index is 10.8. The van der Waals surface area contributed by atoms with Gasteiger partial charge in [-0.15, -0.1) is 0 Å². The number of aliphatic carboxylic acids is 2. The molecule has 0 saturated heterocycles. The van der Waals surface area contributed by atoms with Crippen LogP contribution >= 0.6 is 0 Å². The quantitative estimate of drug-likeness (QED) is 0.260. The first-order valence-electron chi connectivity index (χ1n) is 6.62. The Morgan fingerprint density at radius 3 is 2.21 bits per heavy atom. The second-order valence-corrected chi connectivity index (χ2v) is 4.51. The number of hydrogen-bond donors (Lipinski definition) is 2. The predicted molar refractivity (Wildman–Crippen MR) is 70.9 cm³/mol. The highest BCUT2D eigenvalue weighted by atomic mass is 16.4. The van der Waals surface area contributed by atoms with Gasteiger partial charge in [0.1, 0.15) is 6.29 Å². The number of carbonyl (C=O) groups is 3. The van der Waals surface area contributed by atoms with Crippen LogP contribution in [0.1, 0.15) is 51.9 Å².